The Kier molecular flexibility index (Phi) is 7.04. The first-order valence-corrected chi connectivity index (χ1v) is 8.92. The van der Waals surface area contributed by atoms with Crippen molar-refractivity contribution in [1.82, 2.24) is 25.8 Å². The van der Waals surface area contributed by atoms with Crippen LogP contribution in [0.4, 0.5) is 8.78 Å². The van der Waals surface area contributed by atoms with Crippen molar-refractivity contribution >= 4 is 5.96 Å². The summed E-state index contributed by atoms with van der Waals surface area (Å²) in [5.74, 6) is 0.0691. The molecule has 0 fully saturated rings. The van der Waals surface area contributed by atoms with Crippen LogP contribution in [-0.4, -0.2) is 47.8 Å². The minimum Gasteiger partial charge on any atom is -0.489 e. The van der Waals surface area contributed by atoms with Gasteiger partial charge in [-0.05, 0) is 24.3 Å². The minimum absolute atomic E-state index is 0.00281. The number of nitrogens with zero attached hydrogens (tertiary/aromatic N) is 4. The SMILES string of the molecule is CN=C(NCCOc1ccc(F)cc1F)NCCc1noc(-c2ccccn2)n1. The number of guanidine groups is 1. The van der Waals surface area contributed by atoms with Gasteiger partial charge in [-0.1, -0.05) is 11.2 Å². The van der Waals surface area contributed by atoms with Crippen LogP contribution in [0.1, 0.15) is 5.82 Å². The van der Waals surface area contributed by atoms with Crippen LogP contribution >= 0.6 is 0 Å². The van der Waals surface area contributed by atoms with Gasteiger partial charge in [-0.25, -0.2) is 8.78 Å². The van der Waals surface area contributed by atoms with Crippen LogP contribution in [0.5, 0.6) is 5.75 Å². The lowest BCUT2D eigenvalue weighted by Crippen LogP contribution is -2.40. The highest BCUT2D eigenvalue weighted by molar-refractivity contribution is 5.79. The van der Waals surface area contributed by atoms with E-state index in [0.717, 1.165) is 12.1 Å². The van der Waals surface area contributed by atoms with Crippen molar-refractivity contribution in [3.05, 3.63) is 60.1 Å². The second-order valence-electron chi connectivity index (χ2n) is 5.83. The third-order valence-corrected chi connectivity index (χ3v) is 3.76. The molecule has 2 aromatic heterocycles. The van der Waals surface area contributed by atoms with Crippen molar-refractivity contribution in [3.8, 4) is 17.3 Å². The van der Waals surface area contributed by atoms with Gasteiger partial charge in [0.25, 0.3) is 5.89 Å². The molecule has 2 heterocycles. The van der Waals surface area contributed by atoms with Gasteiger partial charge in [0.1, 0.15) is 18.1 Å². The topological polar surface area (TPSA) is 97.5 Å². The summed E-state index contributed by atoms with van der Waals surface area (Å²) in [5.41, 5.74) is 0.620. The Hall–Kier alpha value is -3.56. The van der Waals surface area contributed by atoms with Crippen LogP contribution < -0.4 is 15.4 Å². The van der Waals surface area contributed by atoms with Gasteiger partial charge in [-0.2, -0.15) is 4.98 Å². The molecular formula is C19H20F2N6O2. The summed E-state index contributed by atoms with van der Waals surface area (Å²) < 4.78 is 36.8. The van der Waals surface area contributed by atoms with E-state index in [0.29, 0.717) is 42.9 Å². The van der Waals surface area contributed by atoms with Crippen LogP contribution in [0, 0.1) is 11.6 Å². The van der Waals surface area contributed by atoms with Gasteiger partial charge in [0, 0.05) is 32.3 Å². The molecule has 0 unspecified atom stereocenters. The molecule has 0 aliphatic carbocycles. The highest BCUT2D eigenvalue weighted by atomic mass is 19.1. The minimum atomic E-state index is -0.738. The van der Waals surface area contributed by atoms with E-state index in [4.69, 9.17) is 9.26 Å². The van der Waals surface area contributed by atoms with E-state index in [-0.39, 0.29) is 12.4 Å². The summed E-state index contributed by atoms with van der Waals surface area (Å²) in [6, 6.07) is 8.62. The zero-order valence-electron chi connectivity index (χ0n) is 15.7. The van der Waals surface area contributed by atoms with Crippen molar-refractivity contribution in [1.29, 1.82) is 0 Å². The van der Waals surface area contributed by atoms with Crippen LogP contribution in [0.15, 0.2) is 52.1 Å². The lowest BCUT2D eigenvalue weighted by Gasteiger charge is -2.12. The predicted octanol–water partition coefficient (Wildman–Crippen LogP) is 2.20. The number of hydrogen-bond acceptors (Lipinski definition) is 6. The predicted molar refractivity (Wildman–Crippen MR) is 102 cm³/mol. The quantitative estimate of drug-likeness (QED) is 0.339. The highest BCUT2D eigenvalue weighted by Crippen LogP contribution is 2.17. The molecule has 3 aromatic rings. The number of aliphatic imine (C=N–C) groups is 1. The van der Waals surface area contributed by atoms with Gasteiger partial charge in [-0.3, -0.25) is 9.98 Å². The third kappa shape index (κ3) is 5.96. The summed E-state index contributed by atoms with van der Waals surface area (Å²) in [6.07, 6.45) is 2.18. The third-order valence-electron chi connectivity index (χ3n) is 3.76. The molecule has 0 saturated heterocycles. The Bertz CT molecular complexity index is 949. The number of hydrogen-bond donors (Lipinski definition) is 2. The van der Waals surface area contributed by atoms with Gasteiger partial charge in [0.2, 0.25) is 0 Å². The van der Waals surface area contributed by atoms with Crippen molar-refractivity contribution in [2.45, 2.75) is 6.42 Å². The molecule has 0 radical (unpaired) electrons. The Morgan fingerprint density at radius 3 is 2.79 bits per heavy atom. The molecule has 0 aliphatic rings. The van der Waals surface area contributed by atoms with Crippen molar-refractivity contribution in [2.75, 3.05) is 26.7 Å². The molecule has 0 saturated carbocycles. The molecule has 0 bridgehead atoms. The van der Waals surface area contributed by atoms with Crippen molar-refractivity contribution < 1.29 is 18.0 Å². The molecular weight excluding hydrogens is 382 g/mol. The van der Waals surface area contributed by atoms with E-state index in [9.17, 15) is 8.78 Å². The Balaban J connectivity index is 1.38. The summed E-state index contributed by atoms with van der Waals surface area (Å²) in [7, 11) is 1.63. The maximum absolute atomic E-state index is 13.5. The van der Waals surface area contributed by atoms with E-state index in [1.54, 1.807) is 19.3 Å². The average molecular weight is 402 g/mol. The molecule has 8 nitrogen and oxygen atoms in total. The highest BCUT2D eigenvalue weighted by Gasteiger charge is 2.09. The van der Waals surface area contributed by atoms with Crippen molar-refractivity contribution in [3.63, 3.8) is 0 Å². The number of rotatable bonds is 8. The maximum atomic E-state index is 13.5. The van der Waals surface area contributed by atoms with Crippen LogP contribution in [0.25, 0.3) is 11.6 Å². The Labute approximate surface area is 166 Å². The number of benzene rings is 1. The molecule has 29 heavy (non-hydrogen) atoms. The van der Waals surface area contributed by atoms with E-state index in [1.807, 2.05) is 12.1 Å². The number of halogens is 2. The monoisotopic (exact) mass is 402 g/mol. The second-order valence-corrected chi connectivity index (χ2v) is 5.83. The lowest BCUT2D eigenvalue weighted by atomic mass is 10.3. The first-order chi connectivity index (χ1) is 14.2. The maximum Gasteiger partial charge on any atom is 0.276 e. The van der Waals surface area contributed by atoms with Crippen LogP contribution in [0.3, 0.4) is 0 Å². The molecule has 0 spiro atoms. The molecule has 0 atom stereocenters. The first kappa shape index (κ1) is 20.2. The Morgan fingerprint density at radius 1 is 1.17 bits per heavy atom. The molecule has 1 aromatic carbocycles. The molecule has 10 heteroatoms. The van der Waals surface area contributed by atoms with E-state index in [2.05, 4.69) is 30.8 Å². The Morgan fingerprint density at radius 2 is 2.03 bits per heavy atom. The van der Waals surface area contributed by atoms with E-state index in [1.165, 1.54) is 6.07 Å². The average Bonchev–Trinajstić information content (AvgIpc) is 3.20. The smallest absolute Gasteiger partial charge is 0.276 e. The van der Waals surface area contributed by atoms with Crippen LogP contribution in [0.2, 0.25) is 0 Å². The van der Waals surface area contributed by atoms with Gasteiger partial charge < -0.3 is 19.9 Å². The number of aromatic nitrogens is 3. The van der Waals surface area contributed by atoms with Crippen LogP contribution in [-0.2, 0) is 6.42 Å². The number of ether oxygens (including phenoxy) is 1. The zero-order chi connectivity index (χ0) is 20.5. The standard InChI is InChI=1S/C19H20F2N6O2/c1-22-19(25-10-11-28-16-6-5-13(20)12-14(16)21)24-9-7-17-26-18(29-27-17)15-4-2-3-8-23-15/h2-6,8,12H,7,9-11H2,1H3,(H2,22,24,25). The van der Waals surface area contributed by atoms with E-state index >= 15 is 0 Å². The van der Waals surface area contributed by atoms with Gasteiger partial charge in [0.15, 0.2) is 23.4 Å². The molecule has 0 amide bonds. The molecule has 3 rings (SSSR count). The van der Waals surface area contributed by atoms with Gasteiger partial charge >= 0.3 is 0 Å². The van der Waals surface area contributed by atoms with Crippen molar-refractivity contribution in [2.24, 2.45) is 4.99 Å². The molecule has 2 N–H and O–H groups in total. The largest absolute Gasteiger partial charge is 0.489 e. The fourth-order valence-corrected chi connectivity index (χ4v) is 2.38. The van der Waals surface area contributed by atoms with Gasteiger partial charge in [0.05, 0.1) is 6.54 Å². The fourth-order valence-electron chi connectivity index (χ4n) is 2.38. The fraction of sp³-hybridized carbons (Fsp3) is 0.263. The zero-order valence-corrected chi connectivity index (χ0v) is 15.7. The van der Waals surface area contributed by atoms with Gasteiger partial charge in [-0.15, -0.1) is 0 Å². The summed E-state index contributed by atoms with van der Waals surface area (Å²) in [4.78, 5) is 12.6. The normalized spacial score (nSPS) is 11.3. The summed E-state index contributed by atoms with van der Waals surface area (Å²) >= 11 is 0. The first-order valence-electron chi connectivity index (χ1n) is 8.92. The number of pyridine rings is 1. The molecule has 152 valence electrons. The molecule has 0 aliphatic heterocycles. The summed E-state index contributed by atoms with van der Waals surface area (Å²) in [5, 5.41) is 10.1. The lowest BCUT2D eigenvalue weighted by molar-refractivity contribution is 0.304. The second kappa shape index (κ2) is 10.1. The number of nitrogens with one attached hydrogen (secondary N) is 2. The summed E-state index contributed by atoms with van der Waals surface area (Å²) in [6.45, 7) is 1.08. The van der Waals surface area contributed by atoms with E-state index < -0.39 is 11.6 Å².